The van der Waals surface area contributed by atoms with Gasteiger partial charge in [0.05, 0.1) is 11.3 Å². The summed E-state index contributed by atoms with van der Waals surface area (Å²) in [6.45, 7) is 1.38. The molecule has 0 aliphatic carbocycles. The number of nitriles is 3. The topological polar surface area (TPSA) is 116 Å². The van der Waals surface area contributed by atoms with E-state index in [1.807, 2.05) is 19.0 Å². The highest BCUT2D eigenvalue weighted by Crippen LogP contribution is 2.18. The van der Waals surface area contributed by atoms with Gasteiger partial charge >= 0.3 is 0 Å². The third-order valence-corrected chi connectivity index (χ3v) is 3.08. The molecule has 0 bridgehead atoms. The molecule has 1 aromatic carbocycles. The van der Waals surface area contributed by atoms with Crippen molar-refractivity contribution in [3.63, 3.8) is 0 Å². The Kier molecular flexibility index (Phi) is 7.51. The molecule has 24 heavy (non-hydrogen) atoms. The number of benzene rings is 1. The maximum Gasteiger partial charge on any atom is 0.253 e. The number of nitrogens with one attached hydrogen (secondary N) is 2. The second-order valence-corrected chi connectivity index (χ2v) is 5.17. The number of hydrogen-bond donors (Lipinski definition) is 2. The molecule has 0 saturated carbocycles. The summed E-state index contributed by atoms with van der Waals surface area (Å²) in [6, 6.07) is 11.7. The fraction of sp³-hybridized carbons (Fsp3) is 0.294. The van der Waals surface area contributed by atoms with Gasteiger partial charge in [-0.1, -0.05) is 12.1 Å². The number of allylic oxidation sites excluding steroid dienone is 2. The number of amides is 1. The Hall–Kier alpha value is -3.34. The molecule has 0 atom stereocenters. The first-order valence-corrected chi connectivity index (χ1v) is 7.27. The first-order chi connectivity index (χ1) is 11.5. The molecule has 0 aromatic heterocycles. The molecule has 0 heterocycles. The number of carbonyl (C=O) groups is 1. The van der Waals surface area contributed by atoms with Gasteiger partial charge in [-0.3, -0.25) is 4.79 Å². The summed E-state index contributed by atoms with van der Waals surface area (Å²) < 4.78 is 0. The van der Waals surface area contributed by atoms with Gasteiger partial charge in [-0.25, -0.2) is 0 Å². The van der Waals surface area contributed by atoms with Crippen LogP contribution in [0.4, 0.5) is 5.69 Å². The third kappa shape index (κ3) is 5.46. The lowest BCUT2D eigenvalue weighted by atomic mass is 10.1. The van der Waals surface area contributed by atoms with Gasteiger partial charge in [0.2, 0.25) is 0 Å². The lowest BCUT2D eigenvalue weighted by Crippen LogP contribution is -2.27. The lowest BCUT2D eigenvalue weighted by Gasteiger charge is -2.13. The molecular weight excluding hydrogens is 304 g/mol. The van der Waals surface area contributed by atoms with Gasteiger partial charge in [-0.2, -0.15) is 15.8 Å². The third-order valence-electron chi connectivity index (χ3n) is 3.08. The van der Waals surface area contributed by atoms with E-state index in [0.717, 1.165) is 13.0 Å². The maximum atomic E-state index is 12.3. The van der Waals surface area contributed by atoms with E-state index in [2.05, 4.69) is 10.6 Å². The molecule has 0 aliphatic rings. The highest BCUT2D eigenvalue weighted by Gasteiger charge is 2.13. The van der Waals surface area contributed by atoms with Crippen LogP contribution in [-0.4, -0.2) is 38.0 Å². The Morgan fingerprint density at radius 1 is 1.12 bits per heavy atom. The first kappa shape index (κ1) is 18.7. The number of nitrogens with zero attached hydrogens (tertiary/aromatic N) is 4. The molecule has 122 valence electrons. The number of anilines is 1. The minimum absolute atomic E-state index is 0.187. The van der Waals surface area contributed by atoms with Crippen molar-refractivity contribution in [3.05, 3.63) is 41.1 Å². The van der Waals surface area contributed by atoms with Crippen molar-refractivity contribution in [1.82, 2.24) is 10.2 Å². The lowest BCUT2D eigenvalue weighted by molar-refractivity contribution is 0.0953. The zero-order chi connectivity index (χ0) is 17.9. The maximum absolute atomic E-state index is 12.3. The highest BCUT2D eigenvalue weighted by molar-refractivity contribution is 6.00. The summed E-state index contributed by atoms with van der Waals surface area (Å²) in [5.41, 5.74) is 0.180. The number of para-hydroxylation sites is 1. The SMILES string of the molecule is CN(C)CCCNC(=O)c1ccccc1NC(C#N)=C(C#N)C#N. The van der Waals surface area contributed by atoms with Crippen molar-refractivity contribution in [3.8, 4) is 18.2 Å². The van der Waals surface area contributed by atoms with Gasteiger partial charge < -0.3 is 15.5 Å². The average Bonchev–Trinajstić information content (AvgIpc) is 2.58. The van der Waals surface area contributed by atoms with E-state index in [1.54, 1.807) is 42.5 Å². The second-order valence-electron chi connectivity index (χ2n) is 5.17. The minimum atomic E-state index is -0.335. The predicted molar refractivity (Wildman–Crippen MR) is 89.4 cm³/mol. The van der Waals surface area contributed by atoms with Crippen molar-refractivity contribution in [1.29, 1.82) is 15.8 Å². The Morgan fingerprint density at radius 3 is 2.38 bits per heavy atom. The summed E-state index contributed by atoms with van der Waals surface area (Å²) in [5, 5.41) is 32.3. The van der Waals surface area contributed by atoms with Crippen molar-refractivity contribution in [2.45, 2.75) is 6.42 Å². The van der Waals surface area contributed by atoms with Gasteiger partial charge in [-0.15, -0.1) is 0 Å². The van der Waals surface area contributed by atoms with E-state index >= 15 is 0 Å². The zero-order valence-electron chi connectivity index (χ0n) is 13.6. The molecule has 2 N–H and O–H groups in total. The summed E-state index contributed by atoms with van der Waals surface area (Å²) >= 11 is 0. The Bertz CT molecular complexity index is 730. The van der Waals surface area contributed by atoms with Crippen LogP contribution in [0.25, 0.3) is 0 Å². The molecule has 0 radical (unpaired) electrons. The van der Waals surface area contributed by atoms with Crippen LogP contribution in [0.3, 0.4) is 0 Å². The van der Waals surface area contributed by atoms with E-state index in [4.69, 9.17) is 15.8 Å². The molecule has 7 heteroatoms. The van der Waals surface area contributed by atoms with Crippen molar-refractivity contribution in [2.75, 3.05) is 32.5 Å². The van der Waals surface area contributed by atoms with Crippen LogP contribution in [0.5, 0.6) is 0 Å². The predicted octanol–water partition coefficient (Wildman–Crippen LogP) is 1.60. The number of hydrogen-bond acceptors (Lipinski definition) is 6. The van der Waals surface area contributed by atoms with Crippen LogP contribution in [-0.2, 0) is 0 Å². The van der Waals surface area contributed by atoms with Crippen LogP contribution in [0.2, 0.25) is 0 Å². The van der Waals surface area contributed by atoms with Crippen molar-refractivity contribution in [2.24, 2.45) is 0 Å². The smallest absolute Gasteiger partial charge is 0.253 e. The van der Waals surface area contributed by atoms with Crippen molar-refractivity contribution >= 4 is 11.6 Å². The molecule has 1 rings (SSSR count). The highest BCUT2D eigenvalue weighted by atomic mass is 16.1. The summed E-state index contributed by atoms with van der Waals surface area (Å²) in [6.07, 6.45) is 0.810. The molecule has 0 fully saturated rings. The fourth-order valence-corrected chi connectivity index (χ4v) is 1.90. The van der Waals surface area contributed by atoms with Crippen LogP contribution >= 0.6 is 0 Å². The summed E-state index contributed by atoms with van der Waals surface area (Å²) in [4.78, 5) is 14.3. The Labute approximate surface area is 141 Å². The van der Waals surface area contributed by atoms with E-state index in [-0.39, 0.29) is 17.2 Å². The van der Waals surface area contributed by atoms with E-state index in [1.165, 1.54) is 0 Å². The monoisotopic (exact) mass is 322 g/mol. The molecule has 1 amide bonds. The van der Waals surface area contributed by atoms with Gasteiger partial charge in [-0.05, 0) is 39.2 Å². The van der Waals surface area contributed by atoms with Crippen LogP contribution in [0.1, 0.15) is 16.8 Å². The minimum Gasteiger partial charge on any atom is -0.352 e. The summed E-state index contributed by atoms with van der Waals surface area (Å²) in [7, 11) is 3.91. The number of rotatable bonds is 7. The van der Waals surface area contributed by atoms with E-state index in [0.29, 0.717) is 17.8 Å². The Morgan fingerprint density at radius 2 is 1.79 bits per heavy atom. The summed E-state index contributed by atoms with van der Waals surface area (Å²) in [5.74, 6) is -0.287. The van der Waals surface area contributed by atoms with Gasteiger partial charge in [0.1, 0.15) is 23.9 Å². The molecule has 1 aromatic rings. The first-order valence-electron chi connectivity index (χ1n) is 7.27. The fourth-order valence-electron chi connectivity index (χ4n) is 1.90. The van der Waals surface area contributed by atoms with E-state index < -0.39 is 0 Å². The van der Waals surface area contributed by atoms with Crippen molar-refractivity contribution < 1.29 is 4.79 Å². The van der Waals surface area contributed by atoms with Crippen LogP contribution < -0.4 is 10.6 Å². The van der Waals surface area contributed by atoms with Crippen LogP contribution in [0.15, 0.2) is 35.5 Å². The standard InChI is InChI=1S/C17H18N6O/c1-23(2)9-5-8-21-17(24)14-6-3-4-7-15(14)22-16(12-20)13(10-18)11-19/h3-4,6-7,22H,5,8-9H2,1-2H3,(H,21,24). The number of carbonyl (C=O) groups excluding carboxylic acids is 1. The molecule has 0 saturated heterocycles. The Balaban J connectivity index is 2.91. The largest absolute Gasteiger partial charge is 0.352 e. The van der Waals surface area contributed by atoms with Gasteiger partial charge in [0, 0.05) is 6.54 Å². The average molecular weight is 322 g/mol. The second kappa shape index (κ2) is 9.63. The van der Waals surface area contributed by atoms with Crippen LogP contribution in [0, 0.1) is 34.0 Å². The zero-order valence-corrected chi connectivity index (χ0v) is 13.6. The van der Waals surface area contributed by atoms with E-state index in [9.17, 15) is 4.79 Å². The normalized spacial score (nSPS) is 9.33. The van der Waals surface area contributed by atoms with Gasteiger partial charge in [0.25, 0.3) is 5.91 Å². The molecular formula is C17H18N6O. The quantitative estimate of drug-likeness (QED) is 0.582. The molecule has 0 aliphatic heterocycles. The van der Waals surface area contributed by atoms with Gasteiger partial charge in [0.15, 0.2) is 5.57 Å². The molecule has 0 spiro atoms. The molecule has 7 nitrogen and oxygen atoms in total. The molecule has 0 unspecified atom stereocenters.